The average Bonchev–Trinajstić information content (AvgIpc) is 3.38. The number of aromatic nitrogens is 3. The molecule has 6 heteroatoms. The Morgan fingerprint density at radius 2 is 2.00 bits per heavy atom. The third-order valence-electron chi connectivity index (χ3n) is 5.15. The molecule has 25 heavy (non-hydrogen) atoms. The van der Waals surface area contributed by atoms with Crippen LogP contribution in [-0.2, 0) is 17.8 Å². The smallest absolute Gasteiger partial charge is 0.229 e. The summed E-state index contributed by atoms with van der Waals surface area (Å²) in [6.45, 7) is 3.20. The molecule has 4 rings (SSSR count). The summed E-state index contributed by atoms with van der Waals surface area (Å²) in [5, 5.41) is 4.23. The lowest BCUT2D eigenvalue weighted by molar-refractivity contribution is 0.0663. The van der Waals surface area contributed by atoms with Gasteiger partial charge in [-0.05, 0) is 37.8 Å². The number of hydrogen-bond acceptors (Lipinski definition) is 6. The molecule has 1 saturated carbocycles. The first-order valence-electron chi connectivity index (χ1n) is 9.43. The molecule has 2 aromatic heterocycles. The van der Waals surface area contributed by atoms with Gasteiger partial charge in [0, 0.05) is 31.8 Å². The van der Waals surface area contributed by atoms with Crippen LogP contribution in [-0.4, -0.2) is 39.3 Å². The molecule has 0 spiro atoms. The number of rotatable bonds is 7. The monoisotopic (exact) mass is 342 g/mol. The Morgan fingerprint density at radius 1 is 1.08 bits per heavy atom. The second-order valence-electron chi connectivity index (χ2n) is 7.16. The molecule has 0 aromatic carbocycles. The maximum atomic E-state index is 5.82. The summed E-state index contributed by atoms with van der Waals surface area (Å²) >= 11 is 0. The standard InChI is InChI=1S/C19H26N4O2/c1-2-7-15(6-1)19-21-18(22-25-19)14-23(13-17-9-5-11-24-17)12-16-8-3-4-10-20-16/h3-4,8,10,15,17H,1-2,5-7,9,11-14H2. The third-order valence-corrected chi connectivity index (χ3v) is 5.15. The fraction of sp³-hybridized carbons (Fsp3) is 0.632. The molecule has 2 aromatic rings. The van der Waals surface area contributed by atoms with Gasteiger partial charge in [-0.1, -0.05) is 24.1 Å². The summed E-state index contributed by atoms with van der Waals surface area (Å²) in [6, 6.07) is 6.03. The molecular weight excluding hydrogens is 316 g/mol. The lowest BCUT2D eigenvalue weighted by Crippen LogP contribution is -2.32. The summed E-state index contributed by atoms with van der Waals surface area (Å²) in [6.07, 6.45) is 9.30. The van der Waals surface area contributed by atoms with Crippen molar-refractivity contribution in [3.05, 3.63) is 41.8 Å². The van der Waals surface area contributed by atoms with Crippen molar-refractivity contribution in [1.29, 1.82) is 0 Å². The normalized spacial score (nSPS) is 21.4. The minimum Gasteiger partial charge on any atom is -0.377 e. The molecule has 1 unspecified atom stereocenters. The Hall–Kier alpha value is -1.79. The molecule has 0 amide bonds. The van der Waals surface area contributed by atoms with Gasteiger partial charge in [0.25, 0.3) is 0 Å². The van der Waals surface area contributed by atoms with E-state index < -0.39 is 0 Å². The number of nitrogens with zero attached hydrogens (tertiary/aromatic N) is 4. The van der Waals surface area contributed by atoms with Crippen molar-refractivity contribution in [1.82, 2.24) is 20.0 Å². The second-order valence-corrected chi connectivity index (χ2v) is 7.16. The maximum Gasteiger partial charge on any atom is 0.229 e. The predicted molar refractivity (Wildman–Crippen MR) is 92.8 cm³/mol. The van der Waals surface area contributed by atoms with Gasteiger partial charge >= 0.3 is 0 Å². The first kappa shape index (κ1) is 16.7. The van der Waals surface area contributed by atoms with Crippen LogP contribution in [0.25, 0.3) is 0 Å². The van der Waals surface area contributed by atoms with E-state index in [0.717, 1.165) is 49.9 Å². The highest BCUT2D eigenvalue weighted by Gasteiger charge is 2.25. The summed E-state index contributed by atoms with van der Waals surface area (Å²) in [7, 11) is 0. The van der Waals surface area contributed by atoms with Crippen LogP contribution in [0.5, 0.6) is 0 Å². The molecule has 1 atom stereocenters. The molecule has 1 aliphatic heterocycles. The van der Waals surface area contributed by atoms with Crippen molar-refractivity contribution in [2.24, 2.45) is 0 Å². The highest BCUT2D eigenvalue weighted by Crippen LogP contribution is 2.33. The van der Waals surface area contributed by atoms with Crippen LogP contribution in [0, 0.1) is 0 Å². The Bertz CT molecular complexity index is 648. The molecule has 2 fully saturated rings. The van der Waals surface area contributed by atoms with Gasteiger partial charge in [0.1, 0.15) is 0 Å². The van der Waals surface area contributed by atoms with Crippen molar-refractivity contribution in [2.75, 3.05) is 13.2 Å². The zero-order valence-electron chi connectivity index (χ0n) is 14.6. The van der Waals surface area contributed by atoms with Gasteiger partial charge in [-0.15, -0.1) is 0 Å². The molecule has 2 aliphatic rings. The van der Waals surface area contributed by atoms with E-state index in [2.05, 4.69) is 26.1 Å². The summed E-state index contributed by atoms with van der Waals surface area (Å²) < 4.78 is 11.4. The van der Waals surface area contributed by atoms with Gasteiger partial charge in [-0.2, -0.15) is 4.98 Å². The van der Waals surface area contributed by atoms with E-state index in [9.17, 15) is 0 Å². The van der Waals surface area contributed by atoms with Gasteiger partial charge in [-0.3, -0.25) is 9.88 Å². The topological polar surface area (TPSA) is 64.3 Å². The van der Waals surface area contributed by atoms with Crippen molar-refractivity contribution in [2.45, 2.75) is 63.6 Å². The molecule has 3 heterocycles. The summed E-state index contributed by atoms with van der Waals surface area (Å²) in [5.41, 5.74) is 1.06. The quantitative estimate of drug-likeness (QED) is 0.769. The van der Waals surface area contributed by atoms with Crippen LogP contribution < -0.4 is 0 Å². The van der Waals surface area contributed by atoms with E-state index in [1.165, 1.54) is 25.7 Å². The number of ether oxygens (including phenoxy) is 1. The Balaban J connectivity index is 1.43. The van der Waals surface area contributed by atoms with E-state index in [0.29, 0.717) is 18.6 Å². The van der Waals surface area contributed by atoms with Crippen molar-refractivity contribution >= 4 is 0 Å². The lowest BCUT2D eigenvalue weighted by Gasteiger charge is -2.23. The predicted octanol–water partition coefficient (Wildman–Crippen LogP) is 3.30. The Kier molecular flexibility index (Phi) is 5.37. The Morgan fingerprint density at radius 3 is 2.76 bits per heavy atom. The fourth-order valence-electron chi connectivity index (χ4n) is 3.85. The highest BCUT2D eigenvalue weighted by molar-refractivity contribution is 5.04. The van der Waals surface area contributed by atoms with E-state index in [1.54, 1.807) is 0 Å². The zero-order valence-corrected chi connectivity index (χ0v) is 14.6. The van der Waals surface area contributed by atoms with Crippen LogP contribution >= 0.6 is 0 Å². The first-order valence-corrected chi connectivity index (χ1v) is 9.43. The van der Waals surface area contributed by atoms with E-state index in [1.807, 2.05) is 18.3 Å². The first-order chi connectivity index (χ1) is 12.4. The van der Waals surface area contributed by atoms with Gasteiger partial charge < -0.3 is 9.26 Å². The highest BCUT2D eigenvalue weighted by atomic mass is 16.5. The average molecular weight is 342 g/mol. The molecule has 0 radical (unpaired) electrons. The summed E-state index contributed by atoms with van der Waals surface area (Å²) in [4.78, 5) is 11.4. The number of pyridine rings is 1. The van der Waals surface area contributed by atoms with Crippen LogP contribution in [0.1, 0.15) is 61.9 Å². The summed E-state index contributed by atoms with van der Waals surface area (Å²) in [5.74, 6) is 2.06. The van der Waals surface area contributed by atoms with Gasteiger partial charge in [0.15, 0.2) is 5.82 Å². The number of hydrogen-bond donors (Lipinski definition) is 0. The minimum absolute atomic E-state index is 0.296. The third kappa shape index (κ3) is 4.44. The molecular formula is C19H26N4O2. The van der Waals surface area contributed by atoms with E-state index in [-0.39, 0.29) is 0 Å². The fourth-order valence-corrected chi connectivity index (χ4v) is 3.85. The largest absolute Gasteiger partial charge is 0.377 e. The van der Waals surface area contributed by atoms with Crippen LogP contribution in [0.4, 0.5) is 0 Å². The molecule has 1 saturated heterocycles. The van der Waals surface area contributed by atoms with Crippen molar-refractivity contribution in [3.63, 3.8) is 0 Å². The minimum atomic E-state index is 0.296. The molecule has 134 valence electrons. The molecule has 6 nitrogen and oxygen atoms in total. The van der Waals surface area contributed by atoms with Crippen molar-refractivity contribution < 1.29 is 9.26 Å². The zero-order chi connectivity index (χ0) is 16.9. The van der Waals surface area contributed by atoms with Crippen LogP contribution in [0.15, 0.2) is 28.9 Å². The van der Waals surface area contributed by atoms with Crippen LogP contribution in [0.2, 0.25) is 0 Å². The lowest BCUT2D eigenvalue weighted by atomic mass is 10.1. The molecule has 0 bridgehead atoms. The van der Waals surface area contributed by atoms with Crippen LogP contribution in [0.3, 0.4) is 0 Å². The van der Waals surface area contributed by atoms with Gasteiger partial charge in [0.05, 0.1) is 18.3 Å². The van der Waals surface area contributed by atoms with E-state index >= 15 is 0 Å². The van der Waals surface area contributed by atoms with Gasteiger partial charge in [-0.25, -0.2) is 0 Å². The SMILES string of the molecule is c1ccc(CN(Cc2noc(C3CCCC3)n2)CC2CCCO2)nc1. The molecule has 1 aliphatic carbocycles. The van der Waals surface area contributed by atoms with E-state index in [4.69, 9.17) is 9.26 Å². The van der Waals surface area contributed by atoms with Crippen molar-refractivity contribution in [3.8, 4) is 0 Å². The maximum absolute atomic E-state index is 5.82. The second kappa shape index (κ2) is 8.06. The van der Waals surface area contributed by atoms with Gasteiger partial charge in [0.2, 0.25) is 5.89 Å². The Labute approximate surface area is 148 Å². The molecule has 0 N–H and O–H groups in total.